The molecular weight excluding hydrogens is 1290 g/mol. The van der Waals surface area contributed by atoms with Gasteiger partial charge in [0.1, 0.15) is 0 Å². The van der Waals surface area contributed by atoms with E-state index >= 15 is 26.3 Å². The number of carbonyl (C=O) groups is 1. The van der Waals surface area contributed by atoms with E-state index in [-0.39, 0.29) is 25.7 Å². The van der Waals surface area contributed by atoms with Gasteiger partial charge < -0.3 is 4.74 Å². The van der Waals surface area contributed by atoms with Crippen LogP contribution in [0.2, 0.25) is 0 Å². The summed E-state index contributed by atoms with van der Waals surface area (Å²) < 4.78 is 530. The van der Waals surface area contributed by atoms with Crippen LogP contribution in [-0.2, 0) is 9.53 Å². The molecule has 0 N–H and O–H groups in total. The number of unbranched alkanes of at least 4 members (excludes halogenated alkanes) is 16. The third-order valence-corrected chi connectivity index (χ3v) is 13.5. The van der Waals surface area contributed by atoms with Gasteiger partial charge in [-0.3, -0.25) is 4.79 Å². The first-order valence-corrected chi connectivity index (χ1v) is 25.3. The zero-order valence-electron chi connectivity index (χ0n) is 43.8. The summed E-state index contributed by atoms with van der Waals surface area (Å²) in [5.41, 5.74) is 0. The summed E-state index contributed by atoms with van der Waals surface area (Å²) >= 11 is 0. The Labute approximate surface area is 459 Å². The van der Waals surface area contributed by atoms with Crippen LogP contribution in [-0.4, -0.2) is 119 Å². The lowest BCUT2D eigenvalue weighted by atomic mass is 9.81. The van der Waals surface area contributed by atoms with Crippen LogP contribution >= 0.6 is 0 Å². The maximum Gasteiger partial charge on any atom is 0.460 e. The molecule has 0 fully saturated rings. The first kappa shape index (κ1) is 81.9. The number of hydrogen-bond donors (Lipinski definition) is 0. The molecule has 0 aromatic carbocycles. The molecular formula is C46H55F37O2. The van der Waals surface area contributed by atoms with E-state index < -0.39 is 215 Å². The van der Waals surface area contributed by atoms with Gasteiger partial charge in [-0.1, -0.05) is 117 Å². The van der Waals surface area contributed by atoms with E-state index in [1.165, 1.54) is 0 Å². The van der Waals surface area contributed by atoms with E-state index in [9.17, 15) is 141 Å². The smallest absolute Gasteiger partial charge is 0.460 e. The largest absolute Gasteiger partial charge is 0.466 e. The van der Waals surface area contributed by atoms with Crippen molar-refractivity contribution < 1.29 is 172 Å². The van der Waals surface area contributed by atoms with Crippen LogP contribution in [0.1, 0.15) is 162 Å². The van der Waals surface area contributed by atoms with Gasteiger partial charge in [0.25, 0.3) is 0 Å². The third kappa shape index (κ3) is 15.2. The highest BCUT2D eigenvalue weighted by molar-refractivity contribution is 5.69. The monoisotopic (exact) mass is 1340 g/mol. The Morgan fingerprint density at radius 3 is 0.812 bits per heavy atom. The lowest BCUT2D eigenvalue weighted by Gasteiger charge is -2.45. The molecule has 0 saturated carbocycles. The highest BCUT2D eigenvalue weighted by Crippen LogP contribution is 2.68. The molecule has 0 aliphatic rings. The minimum absolute atomic E-state index is 0.141. The number of hydrogen-bond acceptors (Lipinski definition) is 2. The van der Waals surface area contributed by atoms with Crippen molar-refractivity contribution in [2.24, 2.45) is 5.92 Å². The van der Waals surface area contributed by atoms with Crippen LogP contribution < -0.4 is 0 Å². The summed E-state index contributed by atoms with van der Waals surface area (Å²) in [4.78, 5) is 12.4. The SMILES string of the molecule is CCCCCCCCC(F)(F)C(F)(F)C(F)(F)C(F)(F)C(F)(F)C(F)(F)C(F)(F)C(F)(F)C(F)(F)C(F)(F)C(CCCCCCCCCCC(F)(F)C(F)(F)C(F)(F)C(F)(F)C(F)(F)C(F)(F)C(F)(F)C(F)(F)F)CC(=O)OCCCCCCC. The van der Waals surface area contributed by atoms with E-state index in [0.717, 1.165) is 0 Å². The molecule has 0 bridgehead atoms. The Morgan fingerprint density at radius 1 is 0.282 bits per heavy atom. The van der Waals surface area contributed by atoms with Gasteiger partial charge in [-0.2, -0.15) is 162 Å². The second-order valence-corrected chi connectivity index (χ2v) is 20.0. The minimum atomic E-state index is -9.34. The molecule has 0 aromatic rings. The van der Waals surface area contributed by atoms with E-state index in [2.05, 4.69) is 4.74 Å². The topological polar surface area (TPSA) is 26.3 Å². The molecule has 0 aliphatic carbocycles. The summed E-state index contributed by atoms with van der Waals surface area (Å²) in [6.45, 7) is 2.47. The second kappa shape index (κ2) is 28.0. The fourth-order valence-corrected chi connectivity index (χ4v) is 7.88. The lowest BCUT2D eigenvalue weighted by Crippen LogP contribution is -2.77. The Balaban J connectivity index is 6.56. The zero-order valence-corrected chi connectivity index (χ0v) is 43.8. The second-order valence-electron chi connectivity index (χ2n) is 20.0. The summed E-state index contributed by atoms with van der Waals surface area (Å²) in [6.07, 6.45) is -23.9. The molecule has 0 saturated heterocycles. The first-order valence-electron chi connectivity index (χ1n) is 25.3. The molecule has 0 amide bonds. The number of ether oxygens (including phenoxy) is 1. The standard InChI is InChI=1S/C46H55F37O2/c1-3-5-7-9-15-19-23-29(47,48)32(53,54)35(59,60)38(65,66)41(71,72)42(73,74)40(69,70)37(63,64)34(57,58)31(51,52)27(26-28(84)85-25-21-17-8-6-4-2)22-18-14-12-10-11-13-16-20-24-30(49,50)33(55,56)36(61,62)39(67,68)43(75,76)44(77,78)45(79,80)46(81,82)83/h27H,3-26H2,1-2H3. The summed E-state index contributed by atoms with van der Waals surface area (Å²) in [5, 5.41) is 0. The number of halogens is 37. The normalized spacial score (nSPS) is 15.9. The van der Waals surface area contributed by atoms with Gasteiger partial charge in [-0.15, -0.1) is 0 Å². The van der Waals surface area contributed by atoms with Gasteiger partial charge in [0, 0.05) is 18.8 Å². The fourth-order valence-electron chi connectivity index (χ4n) is 7.88. The van der Waals surface area contributed by atoms with Gasteiger partial charge in [-0.25, -0.2) is 0 Å². The fraction of sp³-hybridized carbons (Fsp3) is 0.978. The van der Waals surface area contributed by atoms with Gasteiger partial charge >= 0.3 is 113 Å². The Hall–Kier alpha value is -3.12. The van der Waals surface area contributed by atoms with E-state index in [1.807, 2.05) is 0 Å². The van der Waals surface area contributed by atoms with Crippen LogP contribution in [0.25, 0.3) is 0 Å². The number of rotatable bonds is 42. The molecule has 0 spiro atoms. The van der Waals surface area contributed by atoms with E-state index in [4.69, 9.17) is 0 Å². The molecule has 85 heavy (non-hydrogen) atoms. The Morgan fingerprint density at radius 2 is 0.518 bits per heavy atom. The van der Waals surface area contributed by atoms with Crippen LogP contribution in [0, 0.1) is 5.92 Å². The maximum atomic E-state index is 15.6. The number of esters is 1. The molecule has 1 atom stereocenters. The highest BCUT2D eigenvalue weighted by Gasteiger charge is 2.98. The number of carbonyl (C=O) groups excluding carboxylic acids is 1. The summed E-state index contributed by atoms with van der Waals surface area (Å²) in [7, 11) is 0. The molecule has 0 aliphatic heterocycles. The molecule has 39 heteroatoms. The number of alkyl halides is 37. The van der Waals surface area contributed by atoms with Crippen molar-refractivity contribution in [2.45, 2.75) is 268 Å². The average Bonchev–Trinajstić information content (AvgIpc) is 0.758. The van der Waals surface area contributed by atoms with Crippen LogP contribution in [0.5, 0.6) is 0 Å². The van der Waals surface area contributed by atoms with Crippen molar-refractivity contribution in [3.8, 4) is 0 Å². The van der Waals surface area contributed by atoms with Gasteiger partial charge in [-0.05, 0) is 25.7 Å². The van der Waals surface area contributed by atoms with Crippen molar-refractivity contribution in [2.75, 3.05) is 6.61 Å². The molecule has 0 radical (unpaired) electrons. The third-order valence-electron chi connectivity index (χ3n) is 13.5. The minimum Gasteiger partial charge on any atom is -0.466 e. The van der Waals surface area contributed by atoms with Crippen molar-refractivity contribution >= 4 is 5.97 Å². The highest BCUT2D eigenvalue weighted by atomic mass is 19.4. The Kier molecular flexibility index (Phi) is 26.9. The molecule has 0 rings (SSSR count). The predicted molar refractivity (Wildman–Crippen MR) is 222 cm³/mol. The van der Waals surface area contributed by atoms with Crippen LogP contribution in [0.4, 0.5) is 162 Å². The van der Waals surface area contributed by atoms with Crippen molar-refractivity contribution in [1.29, 1.82) is 0 Å². The van der Waals surface area contributed by atoms with Crippen molar-refractivity contribution in [1.82, 2.24) is 0 Å². The van der Waals surface area contributed by atoms with E-state index in [0.29, 0.717) is 32.1 Å². The van der Waals surface area contributed by atoms with Crippen molar-refractivity contribution in [3.05, 3.63) is 0 Å². The summed E-state index contributed by atoms with van der Waals surface area (Å²) in [6, 6.07) is 0. The van der Waals surface area contributed by atoms with E-state index in [1.54, 1.807) is 13.8 Å². The van der Waals surface area contributed by atoms with Crippen molar-refractivity contribution in [3.63, 3.8) is 0 Å². The van der Waals surface area contributed by atoms with Gasteiger partial charge in [0.2, 0.25) is 0 Å². The van der Waals surface area contributed by atoms with Gasteiger partial charge in [0.05, 0.1) is 13.0 Å². The first-order chi connectivity index (χ1) is 37.6. The maximum absolute atomic E-state index is 15.6. The molecule has 510 valence electrons. The summed E-state index contributed by atoms with van der Waals surface area (Å²) in [5.74, 6) is -149. The average molecular weight is 1340 g/mol. The Bertz CT molecular complexity index is 2040. The quantitative estimate of drug-likeness (QED) is 0.0346. The molecule has 0 aromatic heterocycles. The predicted octanol–water partition coefficient (Wildman–Crippen LogP) is 21.5. The molecule has 1 unspecified atom stereocenters. The van der Waals surface area contributed by atoms with Crippen LogP contribution in [0.15, 0.2) is 0 Å². The lowest BCUT2D eigenvalue weighted by molar-refractivity contribution is -0.470. The van der Waals surface area contributed by atoms with Gasteiger partial charge in [0.15, 0.2) is 0 Å². The zero-order chi connectivity index (χ0) is 67.8. The van der Waals surface area contributed by atoms with Crippen LogP contribution in [0.3, 0.4) is 0 Å². The molecule has 2 nitrogen and oxygen atoms in total. The molecule has 0 heterocycles.